The average molecular weight is 524 g/mol. The third kappa shape index (κ3) is 5.09. The number of benzene rings is 1. The Morgan fingerprint density at radius 3 is 2.66 bits per heavy atom. The standard InChI is InChI=1S/C21H22BrN3O6S/c1-29-15-4-3-12(9-14(15)22)17-13(10-23)20(24-19(27)18(17)21(28)30-2)32-11-16(26)25-5-7-31-8-6-25/h3-4,9,17-18H,5-8,11H2,1-2H3,(H,24,27)/t17-,18+/m0/s1. The van der Waals surface area contributed by atoms with E-state index in [9.17, 15) is 19.6 Å². The molecular weight excluding hydrogens is 502 g/mol. The summed E-state index contributed by atoms with van der Waals surface area (Å²) in [6, 6.07) is 7.21. The zero-order valence-electron chi connectivity index (χ0n) is 17.6. The summed E-state index contributed by atoms with van der Waals surface area (Å²) in [6.45, 7) is 1.97. The first kappa shape index (κ1) is 24.1. The van der Waals surface area contributed by atoms with E-state index >= 15 is 0 Å². The van der Waals surface area contributed by atoms with Crippen LogP contribution in [0, 0.1) is 17.2 Å². The summed E-state index contributed by atoms with van der Waals surface area (Å²) in [4.78, 5) is 39.6. The number of carbonyl (C=O) groups is 3. The molecule has 3 rings (SSSR count). The summed E-state index contributed by atoms with van der Waals surface area (Å²) in [5.74, 6) is -2.95. The molecule has 2 heterocycles. The van der Waals surface area contributed by atoms with Gasteiger partial charge in [0.25, 0.3) is 0 Å². The van der Waals surface area contributed by atoms with Gasteiger partial charge in [0, 0.05) is 19.0 Å². The second-order valence-corrected chi connectivity index (χ2v) is 8.84. The highest BCUT2D eigenvalue weighted by Crippen LogP contribution is 2.42. The molecule has 0 aliphatic carbocycles. The lowest BCUT2D eigenvalue weighted by Crippen LogP contribution is -2.45. The Balaban J connectivity index is 1.95. The maximum atomic E-state index is 12.9. The molecule has 0 spiro atoms. The first-order chi connectivity index (χ1) is 15.4. The molecule has 1 aromatic carbocycles. The van der Waals surface area contributed by atoms with Crippen LogP contribution in [0.25, 0.3) is 0 Å². The Labute approximate surface area is 198 Å². The molecule has 11 heteroatoms. The van der Waals surface area contributed by atoms with Gasteiger partial charge in [0.1, 0.15) is 11.7 Å². The molecule has 0 aromatic heterocycles. The first-order valence-corrected chi connectivity index (χ1v) is 11.5. The van der Waals surface area contributed by atoms with E-state index in [1.54, 1.807) is 23.1 Å². The molecular formula is C21H22BrN3O6S. The van der Waals surface area contributed by atoms with E-state index in [4.69, 9.17) is 14.2 Å². The summed E-state index contributed by atoms with van der Waals surface area (Å²) in [5, 5.41) is 12.8. The van der Waals surface area contributed by atoms with Crippen LogP contribution in [-0.2, 0) is 23.9 Å². The van der Waals surface area contributed by atoms with Crippen molar-refractivity contribution in [1.82, 2.24) is 10.2 Å². The SMILES string of the molecule is COC(=O)[C@H]1C(=O)NC(SCC(=O)N2CCOCC2)=C(C#N)[C@@H]1c1ccc(OC)c(Br)c1. The van der Waals surface area contributed by atoms with Gasteiger partial charge in [-0.25, -0.2) is 0 Å². The lowest BCUT2D eigenvalue weighted by molar-refractivity contribution is -0.150. The van der Waals surface area contributed by atoms with Crippen molar-refractivity contribution in [1.29, 1.82) is 5.26 Å². The number of morpholine rings is 1. The van der Waals surface area contributed by atoms with Crippen molar-refractivity contribution < 1.29 is 28.6 Å². The number of thioether (sulfide) groups is 1. The van der Waals surface area contributed by atoms with Crippen molar-refractivity contribution >= 4 is 45.5 Å². The minimum Gasteiger partial charge on any atom is -0.496 e. The second-order valence-electron chi connectivity index (χ2n) is 7.00. The number of ether oxygens (including phenoxy) is 3. The molecule has 0 radical (unpaired) electrons. The number of hydrogen-bond donors (Lipinski definition) is 1. The van der Waals surface area contributed by atoms with Crippen molar-refractivity contribution in [2.45, 2.75) is 5.92 Å². The summed E-state index contributed by atoms with van der Waals surface area (Å²) >= 11 is 4.48. The number of carbonyl (C=O) groups excluding carboxylic acids is 3. The lowest BCUT2D eigenvalue weighted by Gasteiger charge is -2.31. The van der Waals surface area contributed by atoms with E-state index in [1.165, 1.54) is 14.2 Å². The van der Waals surface area contributed by atoms with Gasteiger partial charge in [-0.15, -0.1) is 0 Å². The summed E-state index contributed by atoms with van der Waals surface area (Å²) < 4.78 is 16.0. The van der Waals surface area contributed by atoms with Crippen LogP contribution in [-0.4, -0.2) is 69.0 Å². The van der Waals surface area contributed by atoms with Crippen molar-refractivity contribution in [3.05, 3.63) is 38.8 Å². The van der Waals surface area contributed by atoms with Crippen LogP contribution in [0.5, 0.6) is 5.75 Å². The van der Waals surface area contributed by atoms with Gasteiger partial charge in [-0.3, -0.25) is 14.4 Å². The molecule has 2 amide bonds. The number of nitriles is 1. The predicted octanol–water partition coefficient (Wildman–Crippen LogP) is 1.79. The van der Waals surface area contributed by atoms with Crippen LogP contribution in [0.1, 0.15) is 11.5 Å². The highest BCUT2D eigenvalue weighted by molar-refractivity contribution is 9.10. The van der Waals surface area contributed by atoms with Crippen molar-refractivity contribution in [2.24, 2.45) is 5.92 Å². The van der Waals surface area contributed by atoms with Gasteiger partial charge < -0.3 is 24.4 Å². The minimum atomic E-state index is -1.24. The topological polar surface area (TPSA) is 118 Å². The number of nitrogens with one attached hydrogen (secondary N) is 1. The van der Waals surface area contributed by atoms with Crippen LogP contribution in [0.4, 0.5) is 0 Å². The maximum Gasteiger partial charge on any atom is 0.319 e. The zero-order chi connectivity index (χ0) is 23.3. The lowest BCUT2D eigenvalue weighted by atomic mass is 9.78. The van der Waals surface area contributed by atoms with Crippen molar-refractivity contribution in [3.8, 4) is 11.8 Å². The molecule has 32 heavy (non-hydrogen) atoms. The molecule has 1 fully saturated rings. The third-order valence-electron chi connectivity index (χ3n) is 5.22. The zero-order valence-corrected chi connectivity index (χ0v) is 20.0. The molecule has 1 aromatic rings. The summed E-state index contributed by atoms with van der Waals surface area (Å²) in [7, 11) is 2.71. The maximum absolute atomic E-state index is 12.9. The van der Waals surface area contributed by atoms with E-state index in [2.05, 4.69) is 27.3 Å². The molecule has 0 bridgehead atoms. The van der Waals surface area contributed by atoms with Crippen molar-refractivity contribution in [2.75, 3.05) is 46.3 Å². The van der Waals surface area contributed by atoms with Crippen LogP contribution in [0.3, 0.4) is 0 Å². The molecule has 1 N–H and O–H groups in total. The second kappa shape index (κ2) is 10.8. The predicted molar refractivity (Wildman–Crippen MR) is 120 cm³/mol. The molecule has 1 saturated heterocycles. The summed E-state index contributed by atoms with van der Waals surface area (Å²) in [5.41, 5.74) is 0.758. The van der Waals surface area contributed by atoms with Crippen LogP contribution in [0.2, 0.25) is 0 Å². The fourth-order valence-corrected chi connectivity index (χ4v) is 5.10. The van der Waals surface area contributed by atoms with Gasteiger partial charge in [-0.05, 0) is 33.6 Å². The molecule has 2 atom stereocenters. The Hall–Kier alpha value is -2.55. The van der Waals surface area contributed by atoms with E-state index in [0.29, 0.717) is 42.1 Å². The van der Waals surface area contributed by atoms with Gasteiger partial charge in [-0.1, -0.05) is 17.8 Å². The fraction of sp³-hybridized carbons (Fsp3) is 0.429. The van der Waals surface area contributed by atoms with E-state index in [0.717, 1.165) is 11.8 Å². The van der Waals surface area contributed by atoms with Gasteiger partial charge in [0.2, 0.25) is 11.8 Å². The molecule has 9 nitrogen and oxygen atoms in total. The number of esters is 1. The number of methoxy groups -OCH3 is 2. The van der Waals surface area contributed by atoms with E-state index in [-0.39, 0.29) is 22.3 Å². The Morgan fingerprint density at radius 2 is 2.06 bits per heavy atom. The normalized spacial score (nSPS) is 20.9. The van der Waals surface area contributed by atoms with Gasteiger partial charge in [-0.2, -0.15) is 5.26 Å². The highest BCUT2D eigenvalue weighted by Gasteiger charge is 2.44. The first-order valence-electron chi connectivity index (χ1n) is 9.76. The number of amides is 2. The number of rotatable bonds is 6. The molecule has 170 valence electrons. The number of hydrogen-bond acceptors (Lipinski definition) is 8. The molecule has 2 aliphatic heterocycles. The van der Waals surface area contributed by atoms with Crippen LogP contribution >= 0.6 is 27.7 Å². The molecule has 2 aliphatic rings. The van der Waals surface area contributed by atoms with E-state index < -0.39 is 23.7 Å². The number of nitrogens with zero attached hydrogens (tertiary/aromatic N) is 2. The van der Waals surface area contributed by atoms with Crippen LogP contribution in [0.15, 0.2) is 33.3 Å². The Bertz CT molecular complexity index is 986. The Kier molecular flexibility index (Phi) is 8.17. The number of allylic oxidation sites excluding steroid dienone is 1. The third-order valence-corrected chi connectivity index (χ3v) is 6.84. The summed E-state index contributed by atoms with van der Waals surface area (Å²) in [6.07, 6.45) is 0. The quantitative estimate of drug-likeness (QED) is 0.442. The molecule has 0 saturated carbocycles. The average Bonchev–Trinajstić information content (AvgIpc) is 2.81. The fourth-order valence-electron chi connectivity index (χ4n) is 3.59. The highest BCUT2D eigenvalue weighted by atomic mass is 79.9. The van der Waals surface area contributed by atoms with Crippen molar-refractivity contribution in [3.63, 3.8) is 0 Å². The van der Waals surface area contributed by atoms with Crippen LogP contribution < -0.4 is 10.1 Å². The van der Waals surface area contributed by atoms with Gasteiger partial charge >= 0.3 is 5.97 Å². The van der Waals surface area contributed by atoms with Gasteiger partial charge in [0.05, 0.1) is 54.3 Å². The van der Waals surface area contributed by atoms with E-state index in [1.807, 2.05) is 0 Å². The number of halogens is 1. The molecule has 0 unspecified atom stereocenters. The smallest absolute Gasteiger partial charge is 0.319 e. The monoisotopic (exact) mass is 523 g/mol. The minimum absolute atomic E-state index is 0.0444. The Morgan fingerprint density at radius 1 is 1.34 bits per heavy atom. The largest absolute Gasteiger partial charge is 0.496 e. The van der Waals surface area contributed by atoms with Gasteiger partial charge in [0.15, 0.2) is 0 Å².